The molecule has 0 aliphatic rings. The van der Waals surface area contributed by atoms with Gasteiger partial charge in [0.1, 0.15) is 5.75 Å². The Morgan fingerprint density at radius 1 is 1.38 bits per heavy atom. The van der Waals surface area contributed by atoms with Crippen molar-refractivity contribution in [3.63, 3.8) is 0 Å². The molecule has 1 N–H and O–H groups in total. The Bertz CT molecular complexity index is 344. The van der Waals surface area contributed by atoms with E-state index in [1.54, 1.807) is 0 Å². The van der Waals surface area contributed by atoms with Crippen molar-refractivity contribution in [2.75, 3.05) is 18.1 Å². The number of rotatable bonds is 8. The normalized spacial score (nSPS) is 10.8. The molecule has 0 atom stereocenters. The van der Waals surface area contributed by atoms with Crippen molar-refractivity contribution in [3.8, 4) is 6.07 Å². The zero-order valence-electron chi connectivity index (χ0n) is 9.53. The standard InChI is InChI=1S/C10H18N2O3S/c1-2-3-7-12-10(13)9-16(14,15)8-5-4-6-11/h2-5,7-9H2,1H3,(H,12,13). The molecule has 0 heterocycles. The molecule has 5 nitrogen and oxygen atoms in total. The summed E-state index contributed by atoms with van der Waals surface area (Å²) in [4.78, 5) is 11.2. The van der Waals surface area contributed by atoms with Gasteiger partial charge in [-0.3, -0.25) is 4.79 Å². The Kier molecular flexibility index (Phi) is 7.56. The summed E-state index contributed by atoms with van der Waals surface area (Å²) >= 11 is 0. The Balaban J connectivity index is 3.88. The summed E-state index contributed by atoms with van der Waals surface area (Å²) in [5.74, 6) is -1.02. The second-order valence-corrected chi connectivity index (χ2v) is 5.74. The molecule has 0 spiro atoms. The number of carbonyl (C=O) groups excluding carboxylic acids is 1. The summed E-state index contributed by atoms with van der Waals surface area (Å²) in [7, 11) is -3.35. The monoisotopic (exact) mass is 246 g/mol. The zero-order chi connectivity index (χ0) is 12.4. The first-order valence-corrected chi connectivity index (χ1v) is 7.18. The molecule has 0 unspecified atom stereocenters. The number of carbonyl (C=O) groups is 1. The molecule has 1 amide bonds. The second-order valence-electron chi connectivity index (χ2n) is 3.56. The largest absolute Gasteiger partial charge is 0.355 e. The highest BCUT2D eigenvalue weighted by atomic mass is 32.2. The third-order valence-corrected chi connectivity index (χ3v) is 3.56. The predicted molar refractivity (Wildman–Crippen MR) is 61.4 cm³/mol. The van der Waals surface area contributed by atoms with E-state index in [0.29, 0.717) is 13.0 Å². The van der Waals surface area contributed by atoms with Crippen LogP contribution in [0, 0.1) is 11.3 Å². The Labute approximate surface area is 96.8 Å². The third kappa shape index (κ3) is 8.24. The molecule has 0 radical (unpaired) electrons. The van der Waals surface area contributed by atoms with Crippen LogP contribution < -0.4 is 5.32 Å². The lowest BCUT2D eigenvalue weighted by Crippen LogP contribution is -2.31. The molecule has 0 rings (SSSR count). The number of sulfone groups is 1. The van der Waals surface area contributed by atoms with Gasteiger partial charge in [-0.15, -0.1) is 0 Å². The van der Waals surface area contributed by atoms with Crippen molar-refractivity contribution >= 4 is 15.7 Å². The van der Waals surface area contributed by atoms with E-state index in [0.717, 1.165) is 12.8 Å². The molecule has 0 aromatic heterocycles. The van der Waals surface area contributed by atoms with E-state index < -0.39 is 21.5 Å². The van der Waals surface area contributed by atoms with Gasteiger partial charge in [-0.1, -0.05) is 13.3 Å². The van der Waals surface area contributed by atoms with E-state index in [-0.39, 0.29) is 12.2 Å². The number of nitrogens with one attached hydrogen (secondary N) is 1. The summed E-state index contributed by atoms with van der Waals surface area (Å²) < 4.78 is 22.8. The molecule has 0 saturated heterocycles. The highest BCUT2D eigenvalue weighted by Gasteiger charge is 2.15. The van der Waals surface area contributed by atoms with Crippen molar-refractivity contribution in [3.05, 3.63) is 0 Å². The molecule has 0 aliphatic carbocycles. The topological polar surface area (TPSA) is 87.0 Å². The Hall–Kier alpha value is -1.09. The van der Waals surface area contributed by atoms with E-state index in [2.05, 4.69) is 5.32 Å². The summed E-state index contributed by atoms with van der Waals surface area (Å²) in [5.41, 5.74) is 0. The molecule has 0 aromatic carbocycles. The van der Waals surface area contributed by atoms with E-state index in [1.807, 2.05) is 13.0 Å². The first kappa shape index (κ1) is 14.9. The van der Waals surface area contributed by atoms with Crippen LogP contribution in [0.3, 0.4) is 0 Å². The smallest absolute Gasteiger partial charge is 0.235 e. The fraction of sp³-hybridized carbons (Fsp3) is 0.800. The fourth-order valence-electron chi connectivity index (χ4n) is 1.10. The molecule has 6 heteroatoms. The van der Waals surface area contributed by atoms with Crippen LogP contribution in [0.5, 0.6) is 0 Å². The minimum Gasteiger partial charge on any atom is -0.355 e. The average Bonchev–Trinajstić information content (AvgIpc) is 2.17. The van der Waals surface area contributed by atoms with Crippen LogP contribution in [-0.4, -0.2) is 32.4 Å². The maximum absolute atomic E-state index is 11.4. The number of amides is 1. The molecular formula is C10H18N2O3S. The van der Waals surface area contributed by atoms with Gasteiger partial charge in [0.2, 0.25) is 5.91 Å². The van der Waals surface area contributed by atoms with Crippen LogP contribution in [0.25, 0.3) is 0 Å². The fourth-order valence-corrected chi connectivity index (χ4v) is 2.33. The Morgan fingerprint density at radius 3 is 2.62 bits per heavy atom. The molecule has 92 valence electrons. The highest BCUT2D eigenvalue weighted by Crippen LogP contribution is 1.97. The molecule has 0 aromatic rings. The second kappa shape index (κ2) is 8.11. The zero-order valence-corrected chi connectivity index (χ0v) is 10.3. The van der Waals surface area contributed by atoms with Gasteiger partial charge < -0.3 is 5.32 Å². The molecule has 16 heavy (non-hydrogen) atoms. The highest BCUT2D eigenvalue weighted by molar-refractivity contribution is 7.92. The van der Waals surface area contributed by atoms with Crippen LogP contribution in [-0.2, 0) is 14.6 Å². The maximum Gasteiger partial charge on any atom is 0.235 e. The molecule has 0 aliphatic heterocycles. The van der Waals surface area contributed by atoms with E-state index in [1.165, 1.54) is 0 Å². The van der Waals surface area contributed by atoms with Crippen molar-refractivity contribution in [2.24, 2.45) is 0 Å². The van der Waals surface area contributed by atoms with Gasteiger partial charge >= 0.3 is 0 Å². The lowest BCUT2D eigenvalue weighted by Gasteiger charge is -2.04. The van der Waals surface area contributed by atoms with Crippen LogP contribution in [0.4, 0.5) is 0 Å². The van der Waals surface area contributed by atoms with E-state index >= 15 is 0 Å². The average molecular weight is 246 g/mol. The van der Waals surface area contributed by atoms with Crippen molar-refractivity contribution in [1.29, 1.82) is 5.26 Å². The van der Waals surface area contributed by atoms with Crippen LogP contribution in [0.1, 0.15) is 32.6 Å². The van der Waals surface area contributed by atoms with Crippen LogP contribution in [0.15, 0.2) is 0 Å². The van der Waals surface area contributed by atoms with E-state index in [9.17, 15) is 13.2 Å². The van der Waals surface area contributed by atoms with Gasteiger partial charge in [0.05, 0.1) is 11.8 Å². The van der Waals surface area contributed by atoms with Crippen molar-refractivity contribution in [1.82, 2.24) is 5.32 Å². The number of hydrogen-bond acceptors (Lipinski definition) is 4. The number of nitriles is 1. The van der Waals surface area contributed by atoms with Gasteiger partial charge in [0, 0.05) is 13.0 Å². The van der Waals surface area contributed by atoms with Crippen molar-refractivity contribution < 1.29 is 13.2 Å². The summed E-state index contributed by atoms with van der Waals surface area (Å²) in [6, 6.07) is 1.87. The van der Waals surface area contributed by atoms with Gasteiger partial charge in [-0.25, -0.2) is 8.42 Å². The quantitative estimate of drug-likeness (QED) is 0.636. The third-order valence-electron chi connectivity index (χ3n) is 1.95. The van der Waals surface area contributed by atoms with Crippen molar-refractivity contribution in [2.45, 2.75) is 32.6 Å². The minimum absolute atomic E-state index is 0.0955. The SMILES string of the molecule is CCCCNC(=O)CS(=O)(=O)CCCC#N. The summed E-state index contributed by atoms with van der Waals surface area (Å²) in [5, 5.41) is 10.8. The van der Waals surface area contributed by atoms with Gasteiger partial charge in [0.25, 0.3) is 0 Å². The first-order chi connectivity index (χ1) is 7.52. The number of hydrogen-bond donors (Lipinski definition) is 1. The molecule has 0 bridgehead atoms. The lowest BCUT2D eigenvalue weighted by molar-refractivity contribution is -0.118. The predicted octanol–water partition coefficient (Wildman–Crippen LogP) is 0.621. The maximum atomic E-state index is 11.4. The van der Waals surface area contributed by atoms with Crippen LogP contribution >= 0.6 is 0 Å². The minimum atomic E-state index is -3.35. The first-order valence-electron chi connectivity index (χ1n) is 5.36. The number of nitrogens with zero attached hydrogens (tertiary/aromatic N) is 1. The Morgan fingerprint density at radius 2 is 2.06 bits per heavy atom. The van der Waals surface area contributed by atoms with Gasteiger partial charge in [-0.2, -0.15) is 5.26 Å². The lowest BCUT2D eigenvalue weighted by atomic mass is 10.3. The summed E-state index contributed by atoms with van der Waals surface area (Å²) in [6.07, 6.45) is 2.30. The summed E-state index contributed by atoms with van der Waals surface area (Å²) in [6.45, 7) is 2.51. The van der Waals surface area contributed by atoms with Crippen LogP contribution in [0.2, 0.25) is 0 Å². The molecular weight excluding hydrogens is 228 g/mol. The van der Waals surface area contributed by atoms with E-state index in [4.69, 9.17) is 5.26 Å². The van der Waals surface area contributed by atoms with Gasteiger partial charge in [0.15, 0.2) is 9.84 Å². The van der Waals surface area contributed by atoms with Gasteiger partial charge in [-0.05, 0) is 12.8 Å². The molecule has 0 fully saturated rings. The molecule has 0 saturated carbocycles. The number of unbranched alkanes of at least 4 members (excludes halogenated alkanes) is 2.